The molecule has 0 aromatic rings. The molecule has 0 aromatic carbocycles. The largest absolute Gasteiger partial charge is 0.392 e. The molecule has 19 heavy (non-hydrogen) atoms. The van der Waals surface area contributed by atoms with Crippen LogP contribution in [0, 0.1) is 11.3 Å². The van der Waals surface area contributed by atoms with E-state index < -0.39 is 0 Å². The lowest BCUT2D eigenvalue weighted by molar-refractivity contribution is 0.0296. The molecule has 112 valence electrons. The zero-order valence-electron chi connectivity index (χ0n) is 13.2. The Hall–Kier alpha value is -0.0800. The molecule has 0 aromatic heterocycles. The smallest absolute Gasteiger partial charge is 0.0695 e. The Morgan fingerprint density at radius 2 is 1.63 bits per heavy atom. The van der Waals surface area contributed by atoms with E-state index in [0.717, 1.165) is 6.54 Å². The van der Waals surface area contributed by atoms with Crippen molar-refractivity contribution in [2.24, 2.45) is 11.3 Å². The van der Waals surface area contributed by atoms with Gasteiger partial charge in [0.2, 0.25) is 0 Å². The second-order valence-electron chi connectivity index (χ2n) is 7.80. The Balaban J connectivity index is 1.75. The normalized spacial score (nSPS) is 27.6. The van der Waals surface area contributed by atoms with E-state index in [1.807, 2.05) is 0 Å². The number of aliphatic hydroxyl groups excluding tert-OH is 1. The number of nitrogens with zero attached hydrogens (tertiary/aromatic N) is 1. The molecule has 1 atom stereocenters. The molecule has 2 aliphatic carbocycles. The second kappa shape index (κ2) is 6.58. The predicted molar refractivity (Wildman–Crippen MR) is 81.2 cm³/mol. The Bertz CT molecular complexity index is 260. The van der Waals surface area contributed by atoms with Gasteiger partial charge in [0, 0.05) is 12.6 Å². The Kier molecular flexibility index (Phi) is 5.30. The molecule has 0 radical (unpaired) electrons. The highest BCUT2D eigenvalue weighted by Gasteiger charge is 2.30. The van der Waals surface area contributed by atoms with Crippen LogP contribution in [0.2, 0.25) is 0 Å². The van der Waals surface area contributed by atoms with E-state index in [-0.39, 0.29) is 6.10 Å². The minimum Gasteiger partial charge on any atom is -0.392 e. The van der Waals surface area contributed by atoms with Gasteiger partial charge in [0.05, 0.1) is 6.10 Å². The van der Waals surface area contributed by atoms with Gasteiger partial charge < -0.3 is 10.0 Å². The van der Waals surface area contributed by atoms with Crippen LogP contribution < -0.4 is 0 Å². The SMILES string of the molecule is CN(CC(O)C1CCCCC1)C1CCC(C)(C)CC1. The van der Waals surface area contributed by atoms with Crippen molar-refractivity contribution in [3.63, 3.8) is 0 Å². The summed E-state index contributed by atoms with van der Waals surface area (Å²) in [5.74, 6) is 0.566. The van der Waals surface area contributed by atoms with Gasteiger partial charge in [0.25, 0.3) is 0 Å². The number of hydrogen-bond acceptors (Lipinski definition) is 2. The standard InChI is InChI=1S/C17H33NO/c1-17(2)11-9-15(10-12-17)18(3)13-16(19)14-7-5-4-6-8-14/h14-16,19H,4-13H2,1-3H3. The molecule has 1 unspecified atom stereocenters. The van der Waals surface area contributed by atoms with E-state index >= 15 is 0 Å². The molecule has 0 aliphatic heterocycles. The van der Waals surface area contributed by atoms with Crippen molar-refractivity contribution in [2.45, 2.75) is 83.8 Å². The van der Waals surface area contributed by atoms with Gasteiger partial charge in [-0.05, 0) is 56.9 Å². The summed E-state index contributed by atoms with van der Waals surface area (Å²) in [6.45, 7) is 5.66. The van der Waals surface area contributed by atoms with Crippen LogP contribution in [0.5, 0.6) is 0 Å². The highest BCUT2D eigenvalue weighted by molar-refractivity contribution is 4.84. The molecule has 1 N–H and O–H groups in total. The van der Waals surface area contributed by atoms with Crippen molar-refractivity contribution < 1.29 is 5.11 Å². The van der Waals surface area contributed by atoms with E-state index in [9.17, 15) is 5.11 Å². The van der Waals surface area contributed by atoms with Gasteiger partial charge in [-0.1, -0.05) is 33.1 Å². The van der Waals surface area contributed by atoms with Gasteiger partial charge in [0.1, 0.15) is 0 Å². The lowest BCUT2D eigenvalue weighted by Gasteiger charge is -2.40. The summed E-state index contributed by atoms with van der Waals surface area (Å²) in [5, 5.41) is 10.4. The first-order valence-corrected chi connectivity index (χ1v) is 8.36. The van der Waals surface area contributed by atoms with Crippen LogP contribution >= 0.6 is 0 Å². The van der Waals surface area contributed by atoms with Crippen molar-refractivity contribution in [2.75, 3.05) is 13.6 Å². The first kappa shape index (κ1) is 15.3. The number of aliphatic hydroxyl groups is 1. The van der Waals surface area contributed by atoms with Crippen LogP contribution in [0.4, 0.5) is 0 Å². The first-order valence-electron chi connectivity index (χ1n) is 8.36. The molecule has 2 aliphatic rings. The van der Waals surface area contributed by atoms with Crippen LogP contribution in [0.15, 0.2) is 0 Å². The fourth-order valence-electron chi connectivity index (χ4n) is 3.94. The average Bonchev–Trinajstić information content (AvgIpc) is 2.39. The highest BCUT2D eigenvalue weighted by atomic mass is 16.3. The number of hydrogen-bond donors (Lipinski definition) is 1. The average molecular weight is 267 g/mol. The fraction of sp³-hybridized carbons (Fsp3) is 1.00. The van der Waals surface area contributed by atoms with Crippen molar-refractivity contribution in [1.29, 1.82) is 0 Å². The van der Waals surface area contributed by atoms with Crippen molar-refractivity contribution in [1.82, 2.24) is 4.90 Å². The molecular weight excluding hydrogens is 234 g/mol. The first-order chi connectivity index (χ1) is 8.98. The van der Waals surface area contributed by atoms with Gasteiger partial charge in [-0.3, -0.25) is 0 Å². The van der Waals surface area contributed by atoms with E-state index in [4.69, 9.17) is 0 Å². The molecule has 0 spiro atoms. The molecule has 2 rings (SSSR count). The summed E-state index contributed by atoms with van der Waals surface area (Å²) in [6.07, 6.45) is 11.7. The van der Waals surface area contributed by atoms with Crippen LogP contribution in [0.3, 0.4) is 0 Å². The Labute approximate surface area is 119 Å². The summed E-state index contributed by atoms with van der Waals surface area (Å²) in [5.41, 5.74) is 0.541. The lowest BCUT2D eigenvalue weighted by atomic mass is 9.75. The maximum atomic E-state index is 10.4. The molecule has 0 bridgehead atoms. The van der Waals surface area contributed by atoms with Gasteiger partial charge in [-0.25, -0.2) is 0 Å². The summed E-state index contributed by atoms with van der Waals surface area (Å²) < 4.78 is 0. The molecule has 2 fully saturated rings. The molecule has 0 saturated heterocycles. The lowest BCUT2D eigenvalue weighted by Crippen LogP contribution is -2.43. The fourth-order valence-corrected chi connectivity index (χ4v) is 3.94. The monoisotopic (exact) mass is 267 g/mol. The summed E-state index contributed by atoms with van der Waals surface area (Å²) in [6, 6.07) is 0.700. The zero-order chi connectivity index (χ0) is 13.9. The van der Waals surface area contributed by atoms with Gasteiger partial charge in [-0.2, -0.15) is 0 Å². The van der Waals surface area contributed by atoms with Crippen molar-refractivity contribution in [3.05, 3.63) is 0 Å². The van der Waals surface area contributed by atoms with Gasteiger partial charge >= 0.3 is 0 Å². The van der Waals surface area contributed by atoms with Crippen LogP contribution in [-0.4, -0.2) is 35.7 Å². The van der Waals surface area contributed by atoms with Crippen LogP contribution in [-0.2, 0) is 0 Å². The maximum absolute atomic E-state index is 10.4. The Morgan fingerprint density at radius 3 is 2.21 bits per heavy atom. The van der Waals surface area contributed by atoms with Gasteiger partial charge in [-0.15, -0.1) is 0 Å². The molecule has 0 amide bonds. The van der Waals surface area contributed by atoms with E-state index in [2.05, 4.69) is 25.8 Å². The quantitative estimate of drug-likeness (QED) is 0.837. The topological polar surface area (TPSA) is 23.5 Å². The minimum atomic E-state index is -0.0970. The molecular formula is C17H33NO. The van der Waals surface area contributed by atoms with E-state index in [1.54, 1.807) is 0 Å². The molecule has 0 heterocycles. The minimum absolute atomic E-state index is 0.0970. The number of likely N-dealkylation sites (N-methyl/N-ethyl adjacent to an activating group) is 1. The third-order valence-electron chi connectivity index (χ3n) is 5.60. The zero-order valence-corrected chi connectivity index (χ0v) is 13.2. The van der Waals surface area contributed by atoms with Crippen molar-refractivity contribution in [3.8, 4) is 0 Å². The third-order valence-corrected chi connectivity index (χ3v) is 5.60. The summed E-state index contributed by atoms with van der Waals surface area (Å²) in [4.78, 5) is 2.44. The molecule has 2 heteroatoms. The Morgan fingerprint density at radius 1 is 1.05 bits per heavy atom. The maximum Gasteiger partial charge on any atom is 0.0695 e. The number of rotatable bonds is 4. The van der Waals surface area contributed by atoms with Crippen LogP contribution in [0.1, 0.15) is 71.6 Å². The van der Waals surface area contributed by atoms with E-state index in [1.165, 1.54) is 57.8 Å². The molecule has 2 nitrogen and oxygen atoms in total. The van der Waals surface area contributed by atoms with Crippen molar-refractivity contribution >= 4 is 0 Å². The van der Waals surface area contributed by atoms with E-state index in [0.29, 0.717) is 17.4 Å². The third kappa shape index (κ3) is 4.46. The highest BCUT2D eigenvalue weighted by Crippen LogP contribution is 2.37. The summed E-state index contributed by atoms with van der Waals surface area (Å²) >= 11 is 0. The van der Waals surface area contributed by atoms with Crippen LogP contribution in [0.25, 0.3) is 0 Å². The molecule has 2 saturated carbocycles. The second-order valence-corrected chi connectivity index (χ2v) is 7.80. The summed E-state index contributed by atoms with van der Waals surface area (Å²) in [7, 11) is 2.22. The van der Waals surface area contributed by atoms with Gasteiger partial charge in [0.15, 0.2) is 0 Å². The predicted octanol–water partition coefficient (Wildman–Crippen LogP) is 3.83.